The molecule has 0 spiro atoms. The molecule has 0 bridgehead atoms. The van der Waals surface area contributed by atoms with Crippen LogP contribution in [0.2, 0.25) is 0 Å². The van der Waals surface area contributed by atoms with E-state index in [1.165, 1.54) is 11.8 Å². The van der Waals surface area contributed by atoms with Crippen LogP contribution in [-0.2, 0) is 0 Å². The third kappa shape index (κ3) is 5.39. The first kappa shape index (κ1) is 20.9. The van der Waals surface area contributed by atoms with Crippen LogP contribution in [0, 0.1) is 24.2 Å². The molecule has 1 aromatic carbocycles. The Morgan fingerprint density at radius 2 is 1.97 bits per heavy atom. The van der Waals surface area contributed by atoms with Crippen molar-refractivity contribution >= 4 is 29.0 Å². The van der Waals surface area contributed by atoms with Gasteiger partial charge in [-0.3, -0.25) is 0 Å². The number of aromatic nitrogens is 2. The summed E-state index contributed by atoms with van der Waals surface area (Å²) in [6.07, 6.45) is 3.98. The molecule has 150 valence electrons. The minimum Gasteiger partial charge on any atom is -0.352 e. The van der Waals surface area contributed by atoms with Crippen molar-refractivity contribution in [3.8, 4) is 6.07 Å². The normalized spacial score (nSPS) is 16.1. The van der Waals surface area contributed by atoms with Crippen LogP contribution in [-0.4, -0.2) is 16.0 Å². The summed E-state index contributed by atoms with van der Waals surface area (Å²) in [5.74, 6) is 1.23. The van der Waals surface area contributed by atoms with Gasteiger partial charge in [-0.1, -0.05) is 55.9 Å². The highest BCUT2D eigenvalue weighted by atomic mass is 32.2. The second-order valence-corrected chi connectivity index (χ2v) is 8.58. The monoisotopic (exact) mass is 405 g/mol. The van der Waals surface area contributed by atoms with E-state index in [1.54, 1.807) is 6.20 Å². The number of nitriles is 1. The number of anilines is 1. The number of rotatable bonds is 7. The molecule has 0 amide bonds. The molecule has 29 heavy (non-hydrogen) atoms. The van der Waals surface area contributed by atoms with E-state index in [0.29, 0.717) is 23.1 Å². The predicted octanol–water partition coefficient (Wildman–Crippen LogP) is 5.55. The van der Waals surface area contributed by atoms with Gasteiger partial charge in [0.15, 0.2) is 0 Å². The second kappa shape index (κ2) is 9.62. The smallest absolute Gasteiger partial charge is 0.223 e. The third-order valence-corrected chi connectivity index (χ3v) is 5.62. The van der Waals surface area contributed by atoms with Crippen LogP contribution in [0.4, 0.5) is 5.95 Å². The number of thioether (sulfide) groups is 1. The van der Waals surface area contributed by atoms with Crippen LogP contribution in [0.25, 0.3) is 11.3 Å². The van der Waals surface area contributed by atoms with Crippen molar-refractivity contribution in [1.82, 2.24) is 15.3 Å². The van der Waals surface area contributed by atoms with Crippen LogP contribution in [0.1, 0.15) is 50.4 Å². The van der Waals surface area contributed by atoms with Crippen LogP contribution in [0.5, 0.6) is 0 Å². The number of benzene rings is 1. The number of aryl methyl sites for hydroxylation is 1. The Kier molecular flexibility index (Phi) is 6.95. The van der Waals surface area contributed by atoms with Crippen molar-refractivity contribution in [2.45, 2.75) is 46.6 Å². The molecule has 6 heteroatoms. The van der Waals surface area contributed by atoms with Gasteiger partial charge in [-0.05, 0) is 43.7 Å². The maximum Gasteiger partial charge on any atom is 0.223 e. The molecule has 1 aliphatic rings. The lowest BCUT2D eigenvalue weighted by Gasteiger charge is -2.16. The zero-order chi connectivity index (χ0) is 20.8. The fraction of sp³-hybridized carbons (Fsp3) is 0.348. The Labute approximate surface area is 177 Å². The molecular weight excluding hydrogens is 378 g/mol. The summed E-state index contributed by atoms with van der Waals surface area (Å²) in [6.45, 7) is 8.52. The van der Waals surface area contributed by atoms with E-state index in [2.05, 4.69) is 47.4 Å². The number of hydrogen-bond acceptors (Lipinski definition) is 6. The summed E-state index contributed by atoms with van der Waals surface area (Å²) in [6, 6.07) is 12.7. The molecule has 0 saturated carbocycles. The second-order valence-electron chi connectivity index (χ2n) is 7.70. The molecule has 1 aromatic heterocycles. The molecule has 1 aliphatic heterocycles. The summed E-state index contributed by atoms with van der Waals surface area (Å²) in [7, 11) is 0. The fourth-order valence-electron chi connectivity index (χ4n) is 3.03. The van der Waals surface area contributed by atoms with Crippen molar-refractivity contribution in [2.75, 3.05) is 5.32 Å². The van der Waals surface area contributed by atoms with Gasteiger partial charge in [0, 0.05) is 17.6 Å². The van der Waals surface area contributed by atoms with Gasteiger partial charge in [0.1, 0.15) is 11.6 Å². The number of nitrogens with one attached hydrogen (secondary N) is 2. The van der Waals surface area contributed by atoms with E-state index < -0.39 is 0 Å². The van der Waals surface area contributed by atoms with E-state index in [1.807, 2.05) is 42.7 Å². The summed E-state index contributed by atoms with van der Waals surface area (Å²) in [4.78, 5) is 9.09. The highest BCUT2D eigenvalue weighted by Crippen LogP contribution is 2.35. The Hall–Kier alpha value is -2.78. The molecular formula is C23H27N5S. The minimum atomic E-state index is 0.275. The Morgan fingerprint density at radius 1 is 1.21 bits per heavy atom. The molecule has 0 aliphatic carbocycles. The van der Waals surface area contributed by atoms with E-state index in [9.17, 15) is 5.26 Å². The van der Waals surface area contributed by atoms with Crippen molar-refractivity contribution in [3.63, 3.8) is 0 Å². The standard InChI is InChI=1S/C23H27N5S/c1-15(2)10-11-17(4)26-23-25-13-16(3)21(28-23)19(12-24)22-27-20(14-29-22)18-8-6-5-7-9-18/h5-9,13-15,17,27H,10-11H2,1-4H3,(H,25,26,28). The first-order valence-corrected chi connectivity index (χ1v) is 10.8. The number of nitrogens with zero attached hydrogens (tertiary/aromatic N) is 3. The molecule has 2 heterocycles. The zero-order valence-corrected chi connectivity index (χ0v) is 18.2. The minimum absolute atomic E-state index is 0.275. The van der Waals surface area contributed by atoms with Gasteiger partial charge in [-0.15, -0.1) is 0 Å². The Balaban J connectivity index is 1.81. The molecule has 2 N–H and O–H groups in total. The maximum atomic E-state index is 9.87. The van der Waals surface area contributed by atoms with Gasteiger partial charge in [0.05, 0.1) is 16.4 Å². The van der Waals surface area contributed by atoms with E-state index in [0.717, 1.165) is 34.7 Å². The highest BCUT2D eigenvalue weighted by Gasteiger charge is 2.20. The van der Waals surface area contributed by atoms with Gasteiger partial charge in [-0.25, -0.2) is 9.97 Å². The molecule has 0 radical (unpaired) electrons. The third-order valence-electron chi connectivity index (χ3n) is 4.73. The quantitative estimate of drug-likeness (QED) is 0.589. The van der Waals surface area contributed by atoms with Gasteiger partial charge in [-0.2, -0.15) is 5.26 Å². The first-order valence-electron chi connectivity index (χ1n) is 9.92. The number of hydrogen-bond donors (Lipinski definition) is 2. The topological polar surface area (TPSA) is 73.6 Å². The molecule has 0 fully saturated rings. The molecule has 1 unspecified atom stereocenters. The SMILES string of the molecule is Cc1cnc(NC(C)CCC(C)C)nc1C(C#N)=C1NC(c2ccccc2)=CS1. The van der Waals surface area contributed by atoms with Crippen LogP contribution >= 0.6 is 11.8 Å². The summed E-state index contributed by atoms with van der Waals surface area (Å²) in [5, 5.41) is 19.5. The largest absolute Gasteiger partial charge is 0.352 e. The molecule has 3 rings (SSSR count). The predicted molar refractivity (Wildman–Crippen MR) is 122 cm³/mol. The van der Waals surface area contributed by atoms with Crippen molar-refractivity contribution in [1.29, 1.82) is 5.26 Å². The highest BCUT2D eigenvalue weighted by molar-refractivity contribution is 8.06. The van der Waals surface area contributed by atoms with Crippen molar-refractivity contribution in [2.24, 2.45) is 5.92 Å². The Morgan fingerprint density at radius 3 is 2.66 bits per heavy atom. The van der Waals surface area contributed by atoms with Crippen LogP contribution in [0.3, 0.4) is 0 Å². The van der Waals surface area contributed by atoms with Gasteiger partial charge < -0.3 is 10.6 Å². The van der Waals surface area contributed by atoms with Crippen molar-refractivity contribution < 1.29 is 0 Å². The Bertz CT molecular complexity index is 957. The van der Waals surface area contributed by atoms with Crippen LogP contribution < -0.4 is 10.6 Å². The van der Waals surface area contributed by atoms with Crippen LogP contribution in [0.15, 0.2) is 47.0 Å². The molecule has 2 aromatic rings. The first-order chi connectivity index (χ1) is 14.0. The van der Waals surface area contributed by atoms with E-state index in [4.69, 9.17) is 0 Å². The maximum absolute atomic E-state index is 9.87. The van der Waals surface area contributed by atoms with Gasteiger partial charge >= 0.3 is 0 Å². The molecule has 5 nitrogen and oxygen atoms in total. The lowest BCUT2D eigenvalue weighted by atomic mass is 10.0. The van der Waals surface area contributed by atoms with Gasteiger partial charge in [0.2, 0.25) is 5.95 Å². The zero-order valence-electron chi connectivity index (χ0n) is 17.4. The summed E-state index contributed by atoms with van der Waals surface area (Å²) in [5.41, 5.74) is 4.16. The number of allylic oxidation sites excluding steroid dienone is 1. The molecule has 0 saturated heterocycles. The van der Waals surface area contributed by atoms with E-state index >= 15 is 0 Å². The molecule has 1 atom stereocenters. The summed E-state index contributed by atoms with van der Waals surface area (Å²) >= 11 is 1.52. The summed E-state index contributed by atoms with van der Waals surface area (Å²) < 4.78 is 0. The lowest BCUT2D eigenvalue weighted by molar-refractivity contribution is 0.526. The fourth-order valence-corrected chi connectivity index (χ4v) is 3.89. The van der Waals surface area contributed by atoms with E-state index in [-0.39, 0.29) is 6.04 Å². The lowest BCUT2D eigenvalue weighted by Crippen LogP contribution is -2.18. The van der Waals surface area contributed by atoms with Crippen molar-refractivity contribution in [3.05, 3.63) is 63.8 Å². The average Bonchev–Trinajstić information content (AvgIpc) is 3.20. The van der Waals surface area contributed by atoms with Gasteiger partial charge in [0.25, 0.3) is 0 Å². The average molecular weight is 406 g/mol.